The summed E-state index contributed by atoms with van der Waals surface area (Å²) in [5, 5.41) is 8.79. The Bertz CT molecular complexity index is 249. The van der Waals surface area contributed by atoms with E-state index >= 15 is 0 Å². The van der Waals surface area contributed by atoms with Gasteiger partial charge >= 0.3 is 12.0 Å². The summed E-state index contributed by atoms with van der Waals surface area (Å²) >= 11 is 0. The zero-order valence-electron chi connectivity index (χ0n) is 9.27. The van der Waals surface area contributed by atoms with Crippen LogP contribution in [-0.4, -0.2) is 53.1 Å². The third kappa shape index (κ3) is 2.84. The summed E-state index contributed by atoms with van der Waals surface area (Å²) in [5.74, 6) is -0.970. The van der Waals surface area contributed by atoms with Gasteiger partial charge in [0.05, 0.1) is 0 Å². The molecule has 1 heterocycles. The number of urea groups is 1. The Labute approximate surface area is 89.7 Å². The third-order valence-electron chi connectivity index (χ3n) is 2.87. The van der Waals surface area contributed by atoms with E-state index in [1.54, 1.807) is 4.90 Å². The molecule has 0 aromatic carbocycles. The number of carbonyl (C=O) groups is 2. The SMILES string of the molecule is CC(C(=O)O)N(C)C(=O)N1CCCCC1. The number of likely N-dealkylation sites (tertiary alicyclic amines) is 1. The Morgan fingerprint density at radius 3 is 2.27 bits per heavy atom. The maximum atomic E-state index is 11.8. The molecule has 0 aromatic rings. The van der Waals surface area contributed by atoms with Crippen molar-refractivity contribution in [3.8, 4) is 0 Å². The van der Waals surface area contributed by atoms with E-state index in [4.69, 9.17) is 5.11 Å². The van der Waals surface area contributed by atoms with Crippen molar-refractivity contribution in [2.24, 2.45) is 0 Å². The molecular formula is C10H18N2O3. The first kappa shape index (κ1) is 11.8. The Balaban J connectivity index is 2.54. The summed E-state index contributed by atoms with van der Waals surface area (Å²) < 4.78 is 0. The van der Waals surface area contributed by atoms with Gasteiger partial charge in [-0.05, 0) is 26.2 Å². The monoisotopic (exact) mass is 214 g/mol. The predicted molar refractivity (Wildman–Crippen MR) is 55.7 cm³/mol. The highest BCUT2D eigenvalue weighted by atomic mass is 16.4. The van der Waals surface area contributed by atoms with Gasteiger partial charge in [-0.2, -0.15) is 0 Å². The summed E-state index contributed by atoms with van der Waals surface area (Å²) in [6.45, 7) is 3.01. The molecule has 5 heteroatoms. The van der Waals surface area contributed by atoms with Gasteiger partial charge in [-0.15, -0.1) is 0 Å². The van der Waals surface area contributed by atoms with Crippen LogP contribution in [0.15, 0.2) is 0 Å². The van der Waals surface area contributed by atoms with Gasteiger partial charge in [-0.3, -0.25) is 0 Å². The molecule has 1 aliphatic rings. The molecule has 1 N–H and O–H groups in total. The smallest absolute Gasteiger partial charge is 0.326 e. The van der Waals surface area contributed by atoms with Crippen LogP contribution in [0, 0.1) is 0 Å². The van der Waals surface area contributed by atoms with Crippen LogP contribution < -0.4 is 0 Å². The van der Waals surface area contributed by atoms with E-state index in [0.717, 1.165) is 32.4 Å². The van der Waals surface area contributed by atoms with Crippen molar-refractivity contribution < 1.29 is 14.7 Å². The fraction of sp³-hybridized carbons (Fsp3) is 0.800. The Morgan fingerprint density at radius 1 is 1.27 bits per heavy atom. The Hall–Kier alpha value is -1.26. The second kappa shape index (κ2) is 5.00. The fourth-order valence-electron chi connectivity index (χ4n) is 1.64. The van der Waals surface area contributed by atoms with E-state index in [2.05, 4.69) is 0 Å². The average molecular weight is 214 g/mol. The maximum absolute atomic E-state index is 11.8. The minimum absolute atomic E-state index is 0.176. The van der Waals surface area contributed by atoms with Crippen LogP contribution in [0.4, 0.5) is 4.79 Å². The molecule has 0 saturated carbocycles. The molecule has 1 saturated heterocycles. The number of amides is 2. The van der Waals surface area contributed by atoms with Crippen molar-refractivity contribution in [3.05, 3.63) is 0 Å². The molecule has 15 heavy (non-hydrogen) atoms. The molecule has 0 aromatic heterocycles. The van der Waals surface area contributed by atoms with E-state index in [0.29, 0.717) is 0 Å². The third-order valence-corrected chi connectivity index (χ3v) is 2.87. The summed E-state index contributed by atoms with van der Waals surface area (Å²) in [7, 11) is 1.54. The van der Waals surface area contributed by atoms with Crippen LogP contribution >= 0.6 is 0 Å². The quantitative estimate of drug-likeness (QED) is 0.746. The van der Waals surface area contributed by atoms with Crippen molar-refractivity contribution in [2.45, 2.75) is 32.2 Å². The maximum Gasteiger partial charge on any atom is 0.326 e. The molecule has 1 aliphatic heterocycles. The molecule has 5 nitrogen and oxygen atoms in total. The molecule has 1 fully saturated rings. The zero-order valence-corrected chi connectivity index (χ0v) is 9.27. The van der Waals surface area contributed by atoms with E-state index in [9.17, 15) is 9.59 Å². The number of rotatable bonds is 2. The van der Waals surface area contributed by atoms with E-state index in [1.807, 2.05) is 0 Å². The highest BCUT2D eigenvalue weighted by molar-refractivity contribution is 5.82. The summed E-state index contributed by atoms with van der Waals surface area (Å²) in [6, 6.07) is -0.941. The molecular weight excluding hydrogens is 196 g/mol. The first-order valence-electron chi connectivity index (χ1n) is 5.28. The highest BCUT2D eigenvalue weighted by Crippen LogP contribution is 2.11. The van der Waals surface area contributed by atoms with Crippen LogP contribution in [0.3, 0.4) is 0 Å². The molecule has 2 amide bonds. The van der Waals surface area contributed by atoms with Gasteiger partial charge in [-0.25, -0.2) is 9.59 Å². The number of piperidine rings is 1. The topological polar surface area (TPSA) is 60.9 Å². The lowest BCUT2D eigenvalue weighted by Crippen LogP contribution is -2.49. The lowest BCUT2D eigenvalue weighted by Gasteiger charge is -2.32. The van der Waals surface area contributed by atoms with Crippen molar-refractivity contribution in [2.75, 3.05) is 20.1 Å². The second-order valence-electron chi connectivity index (χ2n) is 3.96. The number of hydrogen-bond acceptors (Lipinski definition) is 2. The van der Waals surface area contributed by atoms with Gasteiger partial charge in [-0.1, -0.05) is 0 Å². The first-order valence-corrected chi connectivity index (χ1v) is 5.28. The molecule has 86 valence electrons. The predicted octanol–water partition coefficient (Wildman–Crippen LogP) is 0.997. The molecule has 0 bridgehead atoms. The van der Waals surface area contributed by atoms with Gasteiger partial charge in [0, 0.05) is 20.1 Å². The van der Waals surface area contributed by atoms with Crippen molar-refractivity contribution in [3.63, 3.8) is 0 Å². The summed E-state index contributed by atoms with van der Waals surface area (Å²) in [5.41, 5.74) is 0. The summed E-state index contributed by atoms with van der Waals surface area (Å²) in [4.78, 5) is 25.6. The van der Waals surface area contributed by atoms with Gasteiger partial charge in [0.1, 0.15) is 6.04 Å². The van der Waals surface area contributed by atoms with Gasteiger partial charge in [0.25, 0.3) is 0 Å². The number of nitrogens with zero attached hydrogens (tertiary/aromatic N) is 2. The number of carbonyl (C=O) groups excluding carboxylic acids is 1. The number of aliphatic carboxylic acids is 1. The molecule has 1 atom stereocenters. The van der Waals surface area contributed by atoms with Crippen molar-refractivity contribution >= 4 is 12.0 Å². The van der Waals surface area contributed by atoms with E-state index in [1.165, 1.54) is 18.9 Å². The Morgan fingerprint density at radius 2 is 1.80 bits per heavy atom. The minimum Gasteiger partial charge on any atom is -0.480 e. The van der Waals surface area contributed by atoms with Crippen LogP contribution in [0.5, 0.6) is 0 Å². The first-order chi connectivity index (χ1) is 7.04. The minimum atomic E-state index is -0.970. The lowest BCUT2D eigenvalue weighted by molar-refractivity contribution is -0.141. The molecule has 0 radical (unpaired) electrons. The largest absolute Gasteiger partial charge is 0.480 e. The van der Waals surface area contributed by atoms with Gasteiger partial charge in [0.15, 0.2) is 0 Å². The standard InChI is InChI=1S/C10H18N2O3/c1-8(9(13)14)11(2)10(15)12-6-4-3-5-7-12/h8H,3-7H2,1-2H3,(H,13,14). The summed E-state index contributed by atoms with van der Waals surface area (Å²) in [6.07, 6.45) is 3.18. The van der Waals surface area contributed by atoms with Crippen molar-refractivity contribution in [1.29, 1.82) is 0 Å². The van der Waals surface area contributed by atoms with Crippen LogP contribution in [0.2, 0.25) is 0 Å². The number of carboxylic acids is 1. The highest BCUT2D eigenvalue weighted by Gasteiger charge is 2.26. The van der Waals surface area contributed by atoms with Crippen molar-refractivity contribution in [1.82, 2.24) is 9.80 Å². The van der Waals surface area contributed by atoms with E-state index in [-0.39, 0.29) is 6.03 Å². The molecule has 0 spiro atoms. The fourth-order valence-corrected chi connectivity index (χ4v) is 1.64. The van der Waals surface area contributed by atoms with Gasteiger partial charge in [0.2, 0.25) is 0 Å². The average Bonchev–Trinajstić information content (AvgIpc) is 2.27. The molecule has 1 rings (SSSR count). The van der Waals surface area contributed by atoms with Gasteiger partial charge < -0.3 is 14.9 Å². The van der Waals surface area contributed by atoms with Crippen LogP contribution in [-0.2, 0) is 4.79 Å². The number of hydrogen-bond donors (Lipinski definition) is 1. The number of likely N-dealkylation sites (N-methyl/N-ethyl adjacent to an activating group) is 1. The number of carboxylic acid groups (broad SMARTS) is 1. The lowest BCUT2D eigenvalue weighted by atomic mass is 10.1. The molecule has 1 unspecified atom stereocenters. The van der Waals surface area contributed by atoms with Crippen LogP contribution in [0.1, 0.15) is 26.2 Å². The van der Waals surface area contributed by atoms with E-state index < -0.39 is 12.0 Å². The normalized spacial score (nSPS) is 18.4. The Kier molecular flexibility index (Phi) is 3.94. The van der Waals surface area contributed by atoms with Crippen LogP contribution in [0.25, 0.3) is 0 Å². The second-order valence-corrected chi connectivity index (χ2v) is 3.96. The molecule has 0 aliphatic carbocycles. The zero-order chi connectivity index (χ0) is 11.4.